The predicted octanol–water partition coefficient (Wildman–Crippen LogP) is 4.40. The van der Waals surface area contributed by atoms with Gasteiger partial charge in [-0.1, -0.05) is 29.8 Å². The first-order valence-corrected chi connectivity index (χ1v) is 5.78. The molecule has 1 nitrogen and oxygen atoms in total. The van der Waals surface area contributed by atoms with Gasteiger partial charge in [-0.3, -0.25) is 0 Å². The Hall–Kier alpha value is -1.54. The zero-order valence-electron chi connectivity index (χ0n) is 9.50. The number of benzene rings is 2. The third-order valence-corrected chi connectivity index (χ3v) is 2.90. The molecule has 2 aromatic carbocycles. The molecule has 0 radical (unpaired) electrons. The number of hydrogen-bond acceptors (Lipinski definition) is 1. The first-order chi connectivity index (χ1) is 8.16. The summed E-state index contributed by atoms with van der Waals surface area (Å²) in [6.07, 6.45) is 0. The van der Waals surface area contributed by atoms with Crippen molar-refractivity contribution in [3.8, 4) is 0 Å². The number of anilines is 1. The minimum Gasteiger partial charge on any atom is -0.381 e. The second-order valence-corrected chi connectivity index (χ2v) is 4.33. The third kappa shape index (κ3) is 2.98. The van der Waals surface area contributed by atoms with Gasteiger partial charge < -0.3 is 5.32 Å². The van der Waals surface area contributed by atoms with Crippen LogP contribution >= 0.6 is 11.6 Å². The van der Waals surface area contributed by atoms with Crippen molar-refractivity contribution in [3.05, 3.63) is 64.4 Å². The van der Waals surface area contributed by atoms with Gasteiger partial charge in [0.2, 0.25) is 0 Å². The highest BCUT2D eigenvalue weighted by atomic mass is 35.5. The Morgan fingerprint density at radius 1 is 1.18 bits per heavy atom. The van der Waals surface area contributed by atoms with E-state index < -0.39 is 0 Å². The summed E-state index contributed by atoms with van der Waals surface area (Å²) in [7, 11) is 0. The van der Waals surface area contributed by atoms with E-state index in [1.54, 1.807) is 12.1 Å². The number of hydrogen-bond donors (Lipinski definition) is 1. The fourth-order valence-electron chi connectivity index (χ4n) is 1.65. The van der Waals surface area contributed by atoms with Crippen LogP contribution in [0.25, 0.3) is 0 Å². The lowest BCUT2D eigenvalue weighted by atomic mass is 10.2. The zero-order valence-corrected chi connectivity index (χ0v) is 10.3. The Kier molecular flexibility index (Phi) is 3.64. The van der Waals surface area contributed by atoms with E-state index in [-0.39, 0.29) is 5.82 Å². The van der Waals surface area contributed by atoms with Gasteiger partial charge in [0.15, 0.2) is 0 Å². The minimum atomic E-state index is -0.280. The highest BCUT2D eigenvalue weighted by molar-refractivity contribution is 6.31. The van der Waals surface area contributed by atoms with Crippen molar-refractivity contribution in [1.29, 1.82) is 0 Å². The molecular weight excluding hydrogens is 237 g/mol. The second kappa shape index (κ2) is 5.19. The van der Waals surface area contributed by atoms with Gasteiger partial charge in [0.05, 0.1) is 0 Å². The average Bonchev–Trinajstić information content (AvgIpc) is 2.28. The molecule has 0 bridgehead atoms. The Labute approximate surface area is 105 Å². The van der Waals surface area contributed by atoms with Crippen LogP contribution in [0.3, 0.4) is 0 Å². The number of nitrogens with one attached hydrogen (secondary N) is 1. The van der Waals surface area contributed by atoms with Crippen molar-refractivity contribution < 1.29 is 4.39 Å². The SMILES string of the molecule is Cc1cccc(NCc2c(F)cccc2Cl)c1. The van der Waals surface area contributed by atoms with Crippen LogP contribution < -0.4 is 5.32 Å². The van der Waals surface area contributed by atoms with E-state index in [0.29, 0.717) is 17.1 Å². The van der Waals surface area contributed by atoms with Crippen molar-refractivity contribution >= 4 is 17.3 Å². The van der Waals surface area contributed by atoms with Crippen molar-refractivity contribution in [2.24, 2.45) is 0 Å². The van der Waals surface area contributed by atoms with Crippen LogP contribution in [0.15, 0.2) is 42.5 Å². The highest BCUT2D eigenvalue weighted by Gasteiger charge is 2.06. The predicted molar refractivity (Wildman–Crippen MR) is 69.9 cm³/mol. The Morgan fingerprint density at radius 2 is 1.94 bits per heavy atom. The van der Waals surface area contributed by atoms with Crippen molar-refractivity contribution in [3.63, 3.8) is 0 Å². The van der Waals surface area contributed by atoms with Gasteiger partial charge in [-0.05, 0) is 36.8 Å². The first kappa shape index (κ1) is 11.9. The summed E-state index contributed by atoms with van der Waals surface area (Å²) < 4.78 is 13.5. The van der Waals surface area contributed by atoms with E-state index in [0.717, 1.165) is 11.3 Å². The zero-order chi connectivity index (χ0) is 12.3. The molecule has 0 aliphatic rings. The monoisotopic (exact) mass is 249 g/mol. The van der Waals surface area contributed by atoms with E-state index >= 15 is 0 Å². The molecule has 0 aliphatic heterocycles. The van der Waals surface area contributed by atoms with Gasteiger partial charge in [-0.25, -0.2) is 4.39 Å². The van der Waals surface area contributed by atoms with Gasteiger partial charge in [0.1, 0.15) is 5.82 Å². The fourth-order valence-corrected chi connectivity index (χ4v) is 1.88. The lowest BCUT2D eigenvalue weighted by molar-refractivity contribution is 0.613. The van der Waals surface area contributed by atoms with Crippen LogP contribution in [0, 0.1) is 12.7 Å². The van der Waals surface area contributed by atoms with Crippen molar-refractivity contribution in [2.45, 2.75) is 13.5 Å². The number of rotatable bonds is 3. The molecule has 0 saturated carbocycles. The largest absolute Gasteiger partial charge is 0.381 e. The van der Waals surface area contributed by atoms with Crippen LogP contribution in [-0.2, 0) is 6.54 Å². The highest BCUT2D eigenvalue weighted by Crippen LogP contribution is 2.20. The molecule has 0 atom stereocenters. The van der Waals surface area contributed by atoms with Gasteiger partial charge in [0.25, 0.3) is 0 Å². The summed E-state index contributed by atoms with van der Waals surface area (Å²) in [6, 6.07) is 12.6. The lowest BCUT2D eigenvalue weighted by Crippen LogP contribution is -2.02. The molecule has 88 valence electrons. The van der Waals surface area contributed by atoms with Gasteiger partial charge in [-0.2, -0.15) is 0 Å². The molecule has 1 N–H and O–H groups in total. The lowest BCUT2D eigenvalue weighted by Gasteiger charge is -2.09. The minimum absolute atomic E-state index is 0.280. The Balaban J connectivity index is 2.13. The maximum absolute atomic E-state index is 13.5. The fraction of sp³-hybridized carbons (Fsp3) is 0.143. The summed E-state index contributed by atoms with van der Waals surface area (Å²) in [4.78, 5) is 0. The molecule has 2 rings (SSSR count). The smallest absolute Gasteiger partial charge is 0.129 e. The molecule has 0 amide bonds. The van der Waals surface area contributed by atoms with Crippen molar-refractivity contribution in [2.75, 3.05) is 5.32 Å². The molecule has 17 heavy (non-hydrogen) atoms. The molecule has 0 saturated heterocycles. The van der Waals surface area contributed by atoms with Crippen molar-refractivity contribution in [1.82, 2.24) is 0 Å². The van der Waals surface area contributed by atoms with Crippen LogP contribution in [-0.4, -0.2) is 0 Å². The van der Waals surface area contributed by atoms with E-state index in [4.69, 9.17) is 11.6 Å². The molecule has 2 aromatic rings. The standard InChI is InChI=1S/C14H13ClFN/c1-10-4-2-5-11(8-10)17-9-12-13(15)6-3-7-14(12)16/h2-8,17H,9H2,1H3. The third-order valence-electron chi connectivity index (χ3n) is 2.55. The van der Waals surface area contributed by atoms with Crippen LogP contribution in [0.1, 0.15) is 11.1 Å². The molecular formula is C14H13ClFN. The van der Waals surface area contributed by atoms with E-state index in [2.05, 4.69) is 5.32 Å². The summed E-state index contributed by atoms with van der Waals surface area (Å²) in [5.74, 6) is -0.280. The quantitative estimate of drug-likeness (QED) is 0.850. The summed E-state index contributed by atoms with van der Waals surface area (Å²) in [6.45, 7) is 2.40. The normalized spacial score (nSPS) is 10.3. The van der Waals surface area contributed by atoms with Crippen LogP contribution in [0.5, 0.6) is 0 Å². The topological polar surface area (TPSA) is 12.0 Å². The molecule has 0 unspecified atom stereocenters. The number of aryl methyl sites for hydroxylation is 1. The molecule has 0 aromatic heterocycles. The molecule has 3 heteroatoms. The molecule has 0 fully saturated rings. The Morgan fingerprint density at radius 3 is 2.65 bits per heavy atom. The maximum Gasteiger partial charge on any atom is 0.129 e. The maximum atomic E-state index is 13.5. The average molecular weight is 250 g/mol. The summed E-state index contributed by atoms with van der Waals surface area (Å²) in [5, 5.41) is 3.61. The van der Waals surface area contributed by atoms with Crippen LogP contribution in [0.2, 0.25) is 5.02 Å². The van der Waals surface area contributed by atoms with Crippen LogP contribution in [0.4, 0.5) is 10.1 Å². The van der Waals surface area contributed by atoms with E-state index in [1.807, 2.05) is 31.2 Å². The molecule has 0 spiro atoms. The molecule has 0 aliphatic carbocycles. The molecule has 0 heterocycles. The van der Waals surface area contributed by atoms with Gasteiger partial charge in [-0.15, -0.1) is 0 Å². The van der Waals surface area contributed by atoms with E-state index in [9.17, 15) is 4.39 Å². The summed E-state index contributed by atoms with van der Waals surface area (Å²) in [5.41, 5.74) is 2.62. The number of halogens is 2. The van der Waals surface area contributed by atoms with Gasteiger partial charge in [0, 0.05) is 22.8 Å². The second-order valence-electron chi connectivity index (χ2n) is 3.92. The van der Waals surface area contributed by atoms with E-state index in [1.165, 1.54) is 6.07 Å². The first-order valence-electron chi connectivity index (χ1n) is 5.40. The van der Waals surface area contributed by atoms with Gasteiger partial charge >= 0.3 is 0 Å². The Bertz CT molecular complexity index is 505. The summed E-state index contributed by atoms with van der Waals surface area (Å²) >= 11 is 5.95.